The highest BCUT2D eigenvalue weighted by molar-refractivity contribution is 6.32. The highest BCUT2D eigenvalue weighted by atomic mass is 35.5. The van der Waals surface area contributed by atoms with Gasteiger partial charge in [-0.15, -0.1) is 0 Å². The summed E-state index contributed by atoms with van der Waals surface area (Å²) >= 11 is 6.28. The Balaban J connectivity index is 1.72. The lowest BCUT2D eigenvalue weighted by atomic mass is 9.92. The maximum atomic E-state index is 13.6. The molecule has 0 aliphatic rings. The van der Waals surface area contributed by atoms with Crippen LogP contribution in [0.15, 0.2) is 63.8 Å². The van der Waals surface area contributed by atoms with Crippen LogP contribution in [-0.4, -0.2) is 18.5 Å². The topological polar surface area (TPSA) is 85.6 Å². The van der Waals surface area contributed by atoms with Crippen molar-refractivity contribution in [2.45, 2.75) is 52.1 Å². The molecule has 0 unspecified atom stereocenters. The van der Waals surface area contributed by atoms with Crippen LogP contribution in [0.25, 0.3) is 22.1 Å². The average molecular weight is 618 g/mol. The number of ether oxygens (including phenoxy) is 1. The lowest BCUT2D eigenvalue weighted by Gasteiger charge is -2.16. The number of hydrogen-bond acceptors (Lipinski definition) is 5. The summed E-state index contributed by atoms with van der Waals surface area (Å²) in [6.07, 6.45) is -3.31. The van der Waals surface area contributed by atoms with E-state index in [4.69, 9.17) is 20.8 Å². The molecule has 226 valence electrons. The number of halogens is 5. The number of carbonyl (C=O) groups excluding carboxylic acids is 2. The average Bonchev–Trinajstić information content (AvgIpc) is 2.93. The van der Waals surface area contributed by atoms with E-state index < -0.39 is 41.2 Å². The molecular weight excluding hydrogens is 590 g/mol. The molecule has 4 rings (SSSR count). The first kappa shape index (κ1) is 31.7. The second kappa shape index (κ2) is 13.4. The summed E-state index contributed by atoms with van der Waals surface area (Å²) in [5, 5.41) is 3.01. The fourth-order valence-electron chi connectivity index (χ4n) is 4.79. The lowest BCUT2D eigenvalue weighted by molar-refractivity contribution is -0.143. The summed E-state index contributed by atoms with van der Waals surface area (Å²) in [5.74, 6) is -2.30. The molecule has 0 spiro atoms. The number of esters is 1. The first-order valence-corrected chi connectivity index (χ1v) is 13.9. The number of anilines is 1. The Labute approximate surface area is 249 Å². The zero-order valence-electron chi connectivity index (χ0n) is 23.4. The number of rotatable bonds is 10. The van der Waals surface area contributed by atoms with Crippen LogP contribution < -0.4 is 10.9 Å². The number of benzene rings is 3. The van der Waals surface area contributed by atoms with E-state index in [1.807, 2.05) is 12.1 Å². The van der Waals surface area contributed by atoms with Crippen LogP contribution in [0.3, 0.4) is 0 Å². The van der Waals surface area contributed by atoms with Crippen LogP contribution in [0.5, 0.6) is 0 Å². The SMILES string of the molecule is CCOC(=O)CCCCc1cccc(-c2c(CC(=O)Nc3ccc(F)cc3C(F)(F)F)c(=O)oc3cc(Cl)c(C)cc23)c1. The van der Waals surface area contributed by atoms with Crippen molar-refractivity contribution >= 4 is 40.1 Å². The molecule has 0 fully saturated rings. The third-order valence-electron chi connectivity index (χ3n) is 6.80. The van der Waals surface area contributed by atoms with Crippen molar-refractivity contribution in [1.29, 1.82) is 0 Å². The number of carbonyl (C=O) groups is 2. The van der Waals surface area contributed by atoms with Gasteiger partial charge >= 0.3 is 17.8 Å². The van der Waals surface area contributed by atoms with Crippen molar-refractivity contribution < 1.29 is 36.3 Å². The molecule has 43 heavy (non-hydrogen) atoms. The van der Waals surface area contributed by atoms with Gasteiger partial charge in [-0.2, -0.15) is 13.2 Å². The van der Waals surface area contributed by atoms with Gasteiger partial charge in [-0.1, -0.05) is 35.9 Å². The fraction of sp³-hybridized carbons (Fsp3) is 0.281. The summed E-state index contributed by atoms with van der Waals surface area (Å²) in [6.45, 7) is 3.82. The van der Waals surface area contributed by atoms with Crippen molar-refractivity contribution in [1.82, 2.24) is 0 Å². The third kappa shape index (κ3) is 7.81. The van der Waals surface area contributed by atoms with E-state index in [-0.39, 0.29) is 23.2 Å². The smallest absolute Gasteiger partial charge is 0.418 e. The quantitative estimate of drug-likeness (QED) is 0.0842. The molecule has 0 aliphatic carbocycles. The first-order valence-electron chi connectivity index (χ1n) is 13.5. The van der Waals surface area contributed by atoms with Gasteiger partial charge in [0, 0.05) is 28.5 Å². The summed E-state index contributed by atoms with van der Waals surface area (Å²) in [7, 11) is 0. The van der Waals surface area contributed by atoms with Gasteiger partial charge in [0.1, 0.15) is 11.4 Å². The molecule has 1 amide bonds. The van der Waals surface area contributed by atoms with E-state index in [0.717, 1.165) is 17.7 Å². The molecule has 0 radical (unpaired) electrons. The van der Waals surface area contributed by atoms with Crippen LogP contribution in [0.1, 0.15) is 48.4 Å². The van der Waals surface area contributed by atoms with E-state index in [2.05, 4.69) is 5.32 Å². The molecule has 0 saturated heterocycles. The zero-order valence-corrected chi connectivity index (χ0v) is 24.1. The predicted octanol–water partition coefficient (Wildman–Crippen LogP) is 8.04. The van der Waals surface area contributed by atoms with E-state index in [1.165, 1.54) is 6.07 Å². The molecule has 6 nitrogen and oxygen atoms in total. The van der Waals surface area contributed by atoms with Crippen molar-refractivity contribution in [3.63, 3.8) is 0 Å². The summed E-state index contributed by atoms with van der Waals surface area (Å²) in [5.41, 5.74) is -0.189. The minimum Gasteiger partial charge on any atom is -0.466 e. The lowest BCUT2D eigenvalue weighted by Crippen LogP contribution is -2.22. The fourth-order valence-corrected chi connectivity index (χ4v) is 4.94. The first-order chi connectivity index (χ1) is 20.4. The Kier molecular flexibility index (Phi) is 9.91. The Morgan fingerprint density at radius 1 is 1.05 bits per heavy atom. The second-order valence-corrected chi connectivity index (χ2v) is 10.4. The number of hydrogen-bond donors (Lipinski definition) is 1. The largest absolute Gasteiger partial charge is 0.466 e. The number of aryl methyl sites for hydroxylation is 2. The number of nitrogens with one attached hydrogen (secondary N) is 1. The van der Waals surface area contributed by atoms with Crippen LogP contribution in [-0.2, 0) is 33.3 Å². The number of unbranched alkanes of at least 4 members (excludes halogenated alkanes) is 1. The highest BCUT2D eigenvalue weighted by Crippen LogP contribution is 2.37. The maximum absolute atomic E-state index is 13.6. The normalized spacial score (nSPS) is 11.5. The van der Waals surface area contributed by atoms with Gasteiger partial charge in [0.15, 0.2) is 0 Å². The Morgan fingerprint density at radius 3 is 2.53 bits per heavy atom. The number of amides is 1. The number of fused-ring (bicyclic) bond motifs is 1. The van der Waals surface area contributed by atoms with Crippen LogP contribution in [0.4, 0.5) is 23.2 Å². The molecule has 1 N–H and O–H groups in total. The summed E-state index contributed by atoms with van der Waals surface area (Å²) in [6, 6.07) is 12.4. The van der Waals surface area contributed by atoms with E-state index in [0.29, 0.717) is 59.4 Å². The third-order valence-corrected chi connectivity index (χ3v) is 7.20. The standard InChI is InChI=1S/C32H28ClF4NO5/c1-3-42-29(40)10-5-4-7-19-8-6-9-20(14-19)30-22-13-18(2)25(33)17-27(22)43-31(41)23(30)16-28(39)38-26-12-11-21(34)15-24(26)32(35,36)37/h6,8-9,11-15,17H,3-5,7,10,16H2,1-2H3,(H,38,39). The Morgan fingerprint density at radius 2 is 1.81 bits per heavy atom. The van der Waals surface area contributed by atoms with Crippen molar-refractivity contribution in [3.8, 4) is 11.1 Å². The maximum Gasteiger partial charge on any atom is 0.418 e. The van der Waals surface area contributed by atoms with Crippen molar-refractivity contribution in [2.75, 3.05) is 11.9 Å². The molecule has 1 heterocycles. The molecule has 3 aromatic carbocycles. The Bertz CT molecular complexity index is 1730. The highest BCUT2D eigenvalue weighted by Gasteiger charge is 2.34. The minimum atomic E-state index is -4.93. The van der Waals surface area contributed by atoms with Crippen molar-refractivity contribution in [2.24, 2.45) is 0 Å². The zero-order chi connectivity index (χ0) is 31.3. The second-order valence-electron chi connectivity index (χ2n) is 9.97. The number of alkyl halides is 3. The van der Waals surface area contributed by atoms with Gasteiger partial charge in [0.25, 0.3) is 0 Å². The predicted molar refractivity (Wildman–Crippen MR) is 156 cm³/mol. The molecule has 0 bridgehead atoms. The van der Waals surface area contributed by atoms with Gasteiger partial charge in [-0.05, 0) is 74.1 Å². The molecule has 0 saturated carbocycles. The van der Waals surface area contributed by atoms with Gasteiger partial charge < -0.3 is 14.5 Å². The van der Waals surface area contributed by atoms with Gasteiger partial charge in [-0.25, -0.2) is 9.18 Å². The molecule has 1 aromatic heterocycles. The van der Waals surface area contributed by atoms with Gasteiger partial charge in [-0.3, -0.25) is 9.59 Å². The molecule has 0 atom stereocenters. The van der Waals surface area contributed by atoms with Crippen LogP contribution in [0.2, 0.25) is 5.02 Å². The minimum absolute atomic E-state index is 0.0677. The Hall–Kier alpha value is -4.18. The molecule has 0 aliphatic heterocycles. The van der Waals surface area contributed by atoms with E-state index >= 15 is 0 Å². The summed E-state index contributed by atoms with van der Waals surface area (Å²) < 4.78 is 64.5. The van der Waals surface area contributed by atoms with Gasteiger partial charge in [0.05, 0.1) is 29.8 Å². The molecule has 4 aromatic rings. The monoisotopic (exact) mass is 617 g/mol. The van der Waals surface area contributed by atoms with Gasteiger partial charge in [0.2, 0.25) is 5.91 Å². The van der Waals surface area contributed by atoms with E-state index in [9.17, 15) is 31.9 Å². The molecular formula is C32H28ClF4NO5. The van der Waals surface area contributed by atoms with Crippen molar-refractivity contribution in [3.05, 3.63) is 98.1 Å². The van der Waals surface area contributed by atoms with Crippen LogP contribution in [0, 0.1) is 12.7 Å². The molecule has 11 heteroatoms. The van der Waals surface area contributed by atoms with Crippen LogP contribution >= 0.6 is 11.6 Å². The van der Waals surface area contributed by atoms with E-state index in [1.54, 1.807) is 32.0 Å². The summed E-state index contributed by atoms with van der Waals surface area (Å²) in [4.78, 5) is 38.0.